The van der Waals surface area contributed by atoms with Gasteiger partial charge < -0.3 is 0 Å². The topological polar surface area (TPSA) is 35.5 Å². The first kappa shape index (κ1) is 19.6. The van der Waals surface area contributed by atoms with Crippen molar-refractivity contribution in [2.45, 2.75) is 42.9 Å². The molecule has 0 fully saturated rings. The first-order chi connectivity index (χ1) is 10.6. The summed E-state index contributed by atoms with van der Waals surface area (Å²) in [4.78, 5) is 12.0. The molecule has 124 valence electrons. The summed E-state index contributed by atoms with van der Waals surface area (Å²) < 4.78 is 11.8. The molecule has 0 aliphatic rings. The van der Waals surface area contributed by atoms with Gasteiger partial charge in [-0.3, -0.25) is 0 Å². The van der Waals surface area contributed by atoms with Gasteiger partial charge in [0.15, 0.2) is 0 Å². The Hall–Kier alpha value is -0.481. The van der Waals surface area contributed by atoms with Crippen LogP contribution in [0, 0.1) is 0 Å². The monoisotopic (exact) mass is 390 g/mol. The average molecular weight is 389 g/mol. The van der Waals surface area contributed by atoms with Gasteiger partial charge in [-0.05, 0) is 0 Å². The van der Waals surface area contributed by atoms with Crippen LogP contribution in [0.3, 0.4) is 0 Å². The number of rotatable bonds is 9. The SMILES string of the molecule is CCC(OC)C(CC(=O)OC)[Se]c1ccccc1[C@H](C)SC. The van der Waals surface area contributed by atoms with Gasteiger partial charge in [-0.2, -0.15) is 0 Å². The molecule has 0 saturated carbocycles. The number of carbonyl (C=O) groups excluding carboxylic acids is 1. The van der Waals surface area contributed by atoms with E-state index in [0.717, 1.165) is 6.42 Å². The number of hydrogen-bond acceptors (Lipinski definition) is 4. The summed E-state index contributed by atoms with van der Waals surface area (Å²) in [5.74, 6) is -0.155. The Bertz CT molecular complexity index is 463. The van der Waals surface area contributed by atoms with Crippen molar-refractivity contribution in [1.82, 2.24) is 0 Å². The van der Waals surface area contributed by atoms with Crippen molar-refractivity contribution in [2.24, 2.45) is 0 Å². The number of carbonyl (C=O) groups is 1. The molecule has 0 aromatic heterocycles. The Morgan fingerprint density at radius 1 is 1.32 bits per heavy atom. The van der Waals surface area contributed by atoms with Crippen LogP contribution in [0.25, 0.3) is 0 Å². The quantitative estimate of drug-likeness (QED) is 0.480. The third-order valence-corrected chi connectivity index (χ3v) is 7.60. The molecule has 1 rings (SSSR count). The molecule has 0 spiro atoms. The van der Waals surface area contributed by atoms with Crippen molar-refractivity contribution in [2.75, 3.05) is 20.5 Å². The molecular formula is C17H26O3SSe. The fourth-order valence-electron chi connectivity index (χ4n) is 2.29. The average Bonchev–Trinajstić information content (AvgIpc) is 2.55. The van der Waals surface area contributed by atoms with E-state index in [1.807, 2.05) is 11.8 Å². The zero-order valence-electron chi connectivity index (χ0n) is 14.0. The van der Waals surface area contributed by atoms with Crippen LogP contribution in [0.4, 0.5) is 0 Å². The van der Waals surface area contributed by atoms with Crippen molar-refractivity contribution >= 4 is 37.1 Å². The van der Waals surface area contributed by atoms with E-state index in [4.69, 9.17) is 9.47 Å². The number of methoxy groups -OCH3 is 2. The molecule has 0 saturated heterocycles. The van der Waals surface area contributed by atoms with E-state index in [0.29, 0.717) is 11.7 Å². The molecule has 2 unspecified atom stereocenters. The number of benzene rings is 1. The van der Waals surface area contributed by atoms with Crippen molar-refractivity contribution in [3.8, 4) is 0 Å². The van der Waals surface area contributed by atoms with Crippen LogP contribution in [0.1, 0.15) is 37.5 Å². The Morgan fingerprint density at radius 3 is 2.55 bits per heavy atom. The minimum absolute atomic E-state index is 0.0942. The predicted octanol–water partition coefficient (Wildman–Crippen LogP) is 3.22. The molecule has 3 nitrogen and oxygen atoms in total. The molecule has 5 heteroatoms. The summed E-state index contributed by atoms with van der Waals surface area (Å²) in [6.45, 7) is 4.33. The molecule has 22 heavy (non-hydrogen) atoms. The molecule has 0 radical (unpaired) electrons. The Balaban J connectivity index is 3.00. The zero-order chi connectivity index (χ0) is 16.5. The number of ether oxygens (including phenoxy) is 2. The first-order valence-corrected chi connectivity index (χ1v) is 10.6. The molecule has 3 atom stereocenters. The van der Waals surface area contributed by atoms with Crippen molar-refractivity contribution < 1.29 is 14.3 Å². The van der Waals surface area contributed by atoms with Gasteiger partial charge in [0.25, 0.3) is 0 Å². The molecule has 0 heterocycles. The van der Waals surface area contributed by atoms with E-state index in [1.54, 1.807) is 7.11 Å². The van der Waals surface area contributed by atoms with Gasteiger partial charge in [-0.1, -0.05) is 0 Å². The van der Waals surface area contributed by atoms with Crippen molar-refractivity contribution in [3.05, 3.63) is 29.8 Å². The van der Waals surface area contributed by atoms with Crippen molar-refractivity contribution in [1.29, 1.82) is 0 Å². The molecule has 0 N–H and O–H groups in total. The van der Waals surface area contributed by atoms with E-state index in [-0.39, 0.29) is 31.8 Å². The van der Waals surface area contributed by atoms with Crippen LogP contribution < -0.4 is 4.46 Å². The van der Waals surface area contributed by atoms with Gasteiger partial charge in [0, 0.05) is 0 Å². The van der Waals surface area contributed by atoms with E-state index in [1.165, 1.54) is 17.1 Å². The zero-order valence-corrected chi connectivity index (χ0v) is 16.5. The van der Waals surface area contributed by atoms with Gasteiger partial charge >= 0.3 is 145 Å². The van der Waals surface area contributed by atoms with Crippen molar-refractivity contribution in [3.63, 3.8) is 0 Å². The molecule has 0 bridgehead atoms. The fraction of sp³-hybridized carbons (Fsp3) is 0.588. The van der Waals surface area contributed by atoms with Gasteiger partial charge in [0.05, 0.1) is 0 Å². The normalized spacial score (nSPS) is 15.1. The summed E-state index contributed by atoms with van der Waals surface area (Å²) in [5, 5.41) is 0.458. The summed E-state index contributed by atoms with van der Waals surface area (Å²) in [6, 6.07) is 8.55. The van der Waals surface area contributed by atoms with Crippen LogP contribution in [0.5, 0.6) is 0 Å². The second-order valence-corrected chi connectivity index (χ2v) is 8.90. The van der Waals surface area contributed by atoms with Gasteiger partial charge in [-0.15, -0.1) is 0 Å². The number of thioether (sulfide) groups is 1. The van der Waals surface area contributed by atoms with Crippen LogP contribution in [-0.2, 0) is 14.3 Å². The summed E-state index contributed by atoms with van der Waals surface area (Å²) in [6.07, 6.45) is 3.55. The van der Waals surface area contributed by atoms with Crippen LogP contribution in [-0.4, -0.2) is 47.5 Å². The molecule has 1 aromatic rings. The van der Waals surface area contributed by atoms with E-state index in [9.17, 15) is 4.79 Å². The second kappa shape index (κ2) is 10.3. The first-order valence-electron chi connectivity index (χ1n) is 7.45. The third kappa shape index (κ3) is 5.62. The van der Waals surface area contributed by atoms with Gasteiger partial charge in [-0.25, -0.2) is 0 Å². The van der Waals surface area contributed by atoms with Crippen LogP contribution in [0.15, 0.2) is 24.3 Å². The standard InChI is InChI=1S/C17H26O3SSe/c1-6-14(19-3)16(11-17(18)20-4)22-15-10-8-7-9-13(15)12(2)21-5/h7-10,12,14,16H,6,11H2,1-5H3/t12-,14?,16?/m0/s1. The molecule has 0 aliphatic carbocycles. The summed E-state index contributed by atoms with van der Waals surface area (Å²) in [5.41, 5.74) is 1.37. The molecule has 0 amide bonds. The van der Waals surface area contributed by atoms with Gasteiger partial charge in [0.2, 0.25) is 0 Å². The van der Waals surface area contributed by atoms with Crippen LogP contribution in [0.2, 0.25) is 4.82 Å². The number of hydrogen-bond donors (Lipinski definition) is 0. The van der Waals surface area contributed by atoms with E-state index < -0.39 is 0 Å². The maximum absolute atomic E-state index is 11.8. The Morgan fingerprint density at radius 2 is 2.00 bits per heavy atom. The second-order valence-electron chi connectivity index (χ2n) is 5.03. The number of esters is 1. The molecule has 0 aliphatic heterocycles. The molecular weight excluding hydrogens is 363 g/mol. The maximum atomic E-state index is 11.8. The van der Waals surface area contributed by atoms with Gasteiger partial charge in [0.1, 0.15) is 0 Å². The Labute approximate surface area is 144 Å². The van der Waals surface area contributed by atoms with Crippen LogP contribution >= 0.6 is 11.8 Å². The third-order valence-electron chi connectivity index (χ3n) is 3.70. The summed E-state index contributed by atoms with van der Waals surface area (Å²) in [7, 11) is 3.18. The fourth-order valence-corrected chi connectivity index (χ4v) is 6.15. The summed E-state index contributed by atoms with van der Waals surface area (Å²) >= 11 is 2.02. The molecule has 1 aromatic carbocycles. The predicted molar refractivity (Wildman–Crippen MR) is 95.2 cm³/mol. The van der Waals surface area contributed by atoms with E-state index >= 15 is 0 Å². The Kier molecular flexibility index (Phi) is 9.18. The van der Waals surface area contributed by atoms with E-state index in [2.05, 4.69) is 44.4 Å². The minimum atomic E-state index is -0.155.